The standard InChI is InChI=1S/C35H43ClN2O5/c1-4-6-7-8-19-37-23-34(17-9-10-25-20-27(36)12-15-29(25)34)24-43-31-16-11-26(21-30(31)37)35(41,33(40)42-3)22-32(39)38(18-5-2)28-13-14-28/h4-5,11-12,15-16,20-21,28,41H,1-2,6-10,13-14,17-19,22-24H2,3H3/t34-,35?/m0/s1. The second-order valence-electron chi connectivity index (χ2n) is 12.2. The molecule has 0 bridgehead atoms. The van der Waals surface area contributed by atoms with Crippen molar-refractivity contribution in [1.29, 1.82) is 0 Å². The molecule has 2 aromatic rings. The average molecular weight is 607 g/mol. The Balaban J connectivity index is 1.52. The van der Waals surface area contributed by atoms with Gasteiger partial charge in [-0.15, -0.1) is 13.2 Å². The number of carbonyl (C=O) groups is 2. The second kappa shape index (κ2) is 13.1. The van der Waals surface area contributed by atoms with Crippen LogP contribution in [0.5, 0.6) is 5.75 Å². The molecule has 2 atom stereocenters. The number of fused-ring (bicyclic) bond motifs is 3. The molecule has 1 heterocycles. The summed E-state index contributed by atoms with van der Waals surface area (Å²) < 4.78 is 11.6. The average Bonchev–Trinajstić information content (AvgIpc) is 3.86. The zero-order valence-corrected chi connectivity index (χ0v) is 25.9. The first-order valence-electron chi connectivity index (χ1n) is 15.4. The van der Waals surface area contributed by atoms with Gasteiger partial charge >= 0.3 is 5.97 Å². The Kier molecular flexibility index (Phi) is 9.52. The van der Waals surface area contributed by atoms with Crippen LogP contribution in [0.15, 0.2) is 61.7 Å². The molecule has 8 heteroatoms. The van der Waals surface area contributed by atoms with Gasteiger partial charge in [-0.3, -0.25) is 4.79 Å². The molecule has 1 fully saturated rings. The predicted molar refractivity (Wildman–Crippen MR) is 170 cm³/mol. The van der Waals surface area contributed by atoms with Crippen molar-refractivity contribution in [3.05, 3.63) is 83.4 Å². The van der Waals surface area contributed by atoms with E-state index in [9.17, 15) is 14.7 Å². The molecule has 1 amide bonds. The Bertz CT molecular complexity index is 1370. The zero-order chi connectivity index (χ0) is 30.6. The summed E-state index contributed by atoms with van der Waals surface area (Å²) >= 11 is 6.38. The lowest BCUT2D eigenvalue weighted by molar-refractivity contribution is -0.168. The summed E-state index contributed by atoms with van der Waals surface area (Å²) in [7, 11) is 1.23. The predicted octanol–water partition coefficient (Wildman–Crippen LogP) is 6.10. The van der Waals surface area contributed by atoms with Crippen molar-refractivity contribution in [2.24, 2.45) is 0 Å². The third-order valence-corrected chi connectivity index (χ3v) is 9.40. The summed E-state index contributed by atoms with van der Waals surface area (Å²) in [4.78, 5) is 30.6. The summed E-state index contributed by atoms with van der Waals surface area (Å²) in [6.45, 7) is 10.0. The highest BCUT2D eigenvalue weighted by atomic mass is 35.5. The minimum Gasteiger partial charge on any atom is -0.490 e. The van der Waals surface area contributed by atoms with Crippen molar-refractivity contribution in [2.45, 2.75) is 74.8 Å². The van der Waals surface area contributed by atoms with Gasteiger partial charge in [-0.2, -0.15) is 0 Å². The lowest BCUT2D eigenvalue weighted by Gasteiger charge is -2.41. The summed E-state index contributed by atoms with van der Waals surface area (Å²) in [6, 6.07) is 11.6. The van der Waals surface area contributed by atoms with Crippen molar-refractivity contribution in [3.63, 3.8) is 0 Å². The maximum Gasteiger partial charge on any atom is 0.343 e. The number of ether oxygens (including phenoxy) is 2. The van der Waals surface area contributed by atoms with Gasteiger partial charge in [0.05, 0.1) is 25.8 Å². The number of benzene rings is 2. The van der Waals surface area contributed by atoms with Crippen LogP contribution in [0.2, 0.25) is 5.02 Å². The Hall–Kier alpha value is -3.29. The number of allylic oxidation sites excluding steroid dienone is 1. The van der Waals surface area contributed by atoms with Crippen LogP contribution in [0.25, 0.3) is 0 Å². The van der Waals surface area contributed by atoms with Crippen molar-refractivity contribution in [1.82, 2.24) is 4.90 Å². The fourth-order valence-corrected chi connectivity index (χ4v) is 6.96. The van der Waals surface area contributed by atoms with Crippen molar-refractivity contribution >= 4 is 29.2 Å². The third kappa shape index (κ3) is 6.48. The van der Waals surface area contributed by atoms with Crippen LogP contribution in [0.1, 0.15) is 68.1 Å². The summed E-state index contributed by atoms with van der Waals surface area (Å²) in [6.07, 6.45) is 10.9. The second-order valence-corrected chi connectivity index (χ2v) is 12.6. The number of esters is 1. The number of amides is 1. The summed E-state index contributed by atoms with van der Waals surface area (Å²) in [5.41, 5.74) is 1.26. The van der Waals surface area contributed by atoms with Crippen LogP contribution in [-0.4, -0.2) is 61.3 Å². The first-order valence-corrected chi connectivity index (χ1v) is 15.8. The molecule has 1 aliphatic heterocycles. The number of carbonyl (C=O) groups excluding carboxylic acids is 2. The Morgan fingerprint density at radius 3 is 2.74 bits per heavy atom. The SMILES string of the molecule is C=CCCCCN1C[C@@]2(CCCc3cc(Cl)ccc32)COc2ccc(C(O)(CC(=O)N(CC=C)C3CC3)C(=O)OC)cc21. The van der Waals surface area contributed by atoms with Crippen molar-refractivity contribution < 1.29 is 24.2 Å². The molecular formula is C35H43ClN2O5. The molecule has 1 saturated carbocycles. The highest BCUT2D eigenvalue weighted by Gasteiger charge is 2.46. The number of rotatable bonds is 12. The van der Waals surface area contributed by atoms with Crippen LogP contribution < -0.4 is 9.64 Å². The smallest absolute Gasteiger partial charge is 0.343 e. The lowest BCUT2D eigenvalue weighted by Crippen LogP contribution is -2.46. The van der Waals surface area contributed by atoms with Crippen molar-refractivity contribution in [3.8, 4) is 5.75 Å². The van der Waals surface area contributed by atoms with E-state index in [0.29, 0.717) is 24.5 Å². The molecule has 1 N–H and O–H groups in total. The Labute approximate surface area is 260 Å². The quantitative estimate of drug-likeness (QED) is 0.179. The molecular weight excluding hydrogens is 564 g/mol. The number of hydrogen-bond acceptors (Lipinski definition) is 6. The highest BCUT2D eigenvalue weighted by Crippen LogP contribution is 2.45. The first kappa shape index (κ1) is 31.1. The number of aryl methyl sites for hydroxylation is 1. The molecule has 0 radical (unpaired) electrons. The number of aliphatic hydroxyl groups is 1. The number of anilines is 1. The van der Waals surface area contributed by atoms with Gasteiger partial charge < -0.3 is 24.4 Å². The van der Waals surface area contributed by atoms with Gasteiger partial charge in [0.25, 0.3) is 0 Å². The van der Waals surface area contributed by atoms with Gasteiger partial charge in [0.15, 0.2) is 5.60 Å². The zero-order valence-electron chi connectivity index (χ0n) is 25.2. The molecule has 0 aromatic heterocycles. The molecule has 2 aliphatic carbocycles. The maximum absolute atomic E-state index is 13.4. The van der Waals surface area contributed by atoms with E-state index in [4.69, 9.17) is 21.1 Å². The molecule has 230 valence electrons. The van der Waals surface area contributed by atoms with E-state index in [-0.39, 0.29) is 17.4 Å². The van der Waals surface area contributed by atoms with Crippen molar-refractivity contribution in [2.75, 3.05) is 38.3 Å². The van der Waals surface area contributed by atoms with Crippen LogP contribution >= 0.6 is 11.6 Å². The van der Waals surface area contributed by atoms with Gasteiger partial charge in [0, 0.05) is 36.1 Å². The van der Waals surface area contributed by atoms with E-state index in [1.807, 2.05) is 24.3 Å². The summed E-state index contributed by atoms with van der Waals surface area (Å²) in [5.74, 6) is -0.480. The van der Waals surface area contributed by atoms with Gasteiger partial charge in [0.2, 0.25) is 5.91 Å². The monoisotopic (exact) mass is 606 g/mol. The van der Waals surface area contributed by atoms with E-state index in [2.05, 4.69) is 30.2 Å². The topological polar surface area (TPSA) is 79.3 Å². The van der Waals surface area contributed by atoms with Crippen LogP contribution in [0.4, 0.5) is 5.69 Å². The van der Waals surface area contributed by atoms with Gasteiger partial charge in [-0.05, 0) is 92.3 Å². The van der Waals surface area contributed by atoms with E-state index in [1.54, 1.807) is 17.0 Å². The van der Waals surface area contributed by atoms with E-state index in [0.717, 1.165) is 75.2 Å². The Morgan fingerprint density at radius 1 is 1.21 bits per heavy atom. The molecule has 1 unspecified atom stereocenters. The Morgan fingerprint density at radius 2 is 2.02 bits per heavy atom. The number of methoxy groups -OCH3 is 1. The number of unbranched alkanes of at least 4 members (excludes halogenated alkanes) is 2. The van der Waals surface area contributed by atoms with Gasteiger partial charge in [0.1, 0.15) is 5.75 Å². The van der Waals surface area contributed by atoms with E-state index >= 15 is 0 Å². The highest BCUT2D eigenvalue weighted by molar-refractivity contribution is 6.30. The van der Waals surface area contributed by atoms with Crippen LogP contribution in [0.3, 0.4) is 0 Å². The van der Waals surface area contributed by atoms with E-state index < -0.39 is 18.0 Å². The van der Waals surface area contributed by atoms with E-state index in [1.165, 1.54) is 18.2 Å². The fourth-order valence-electron chi connectivity index (χ4n) is 6.76. The minimum absolute atomic E-state index is 0.114. The molecule has 43 heavy (non-hydrogen) atoms. The van der Waals surface area contributed by atoms with Crippen LogP contribution in [0, 0.1) is 0 Å². The minimum atomic E-state index is -2.15. The van der Waals surface area contributed by atoms with Crippen LogP contribution in [-0.2, 0) is 31.8 Å². The summed E-state index contributed by atoms with van der Waals surface area (Å²) in [5, 5.41) is 12.7. The van der Waals surface area contributed by atoms with Gasteiger partial charge in [-0.25, -0.2) is 4.79 Å². The number of nitrogens with zero attached hydrogens (tertiary/aromatic N) is 2. The largest absolute Gasteiger partial charge is 0.490 e. The molecule has 5 rings (SSSR count). The molecule has 2 aromatic carbocycles. The maximum atomic E-state index is 13.4. The molecule has 0 saturated heterocycles. The molecule has 7 nitrogen and oxygen atoms in total. The first-order chi connectivity index (χ1) is 20.7. The lowest BCUT2D eigenvalue weighted by atomic mass is 9.70. The molecule has 3 aliphatic rings. The normalized spacial score (nSPS) is 20.6. The number of hydrogen-bond donors (Lipinski definition) is 1. The molecule has 1 spiro atoms. The third-order valence-electron chi connectivity index (χ3n) is 9.16. The van der Waals surface area contributed by atoms with Gasteiger partial charge in [-0.1, -0.05) is 35.9 Å². The fraction of sp³-hybridized carbons (Fsp3) is 0.486. The number of halogens is 1.